The fourth-order valence-electron chi connectivity index (χ4n) is 2.35. The van der Waals surface area contributed by atoms with Gasteiger partial charge in [0.05, 0.1) is 18.6 Å². The fraction of sp³-hybridized carbons (Fsp3) is 0.357. The predicted molar refractivity (Wildman–Crippen MR) is 76.7 cm³/mol. The minimum Gasteiger partial charge on any atom is -0.459 e. The van der Waals surface area contributed by atoms with Crippen LogP contribution in [0.2, 0.25) is 0 Å². The number of aromatic nitrogens is 2. The van der Waals surface area contributed by atoms with Crippen LogP contribution in [0.3, 0.4) is 0 Å². The summed E-state index contributed by atoms with van der Waals surface area (Å²) in [5.41, 5.74) is -0.962. The molecule has 2 aromatic rings. The lowest BCUT2D eigenvalue weighted by Gasteiger charge is -2.17. The fourth-order valence-corrected chi connectivity index (χ4v) is 2.35. The van der Waals surface area contributed by atoms with Crippen molar-refractivity contribution in [3.63, 3.8) is 0 Å². The number of hydrogen-bond donors (Lipinski definition) is 3. The molecule has 3 heterocycles. The Morgan fingerprint density at radius 2 is 2.17 bits per heavy atom. The number of furan rings is 1. The summed E-state index contributed by atoms with van der Waals surface area (Å²) in [6.07, 6.45) is -2.64. The summed E-state index contributed by atoms with van der Waals surface area (Å²) in [6.45, 7) is 1.50. The van der Waals surface area contributed by atoms with E-state index in [1.165, 1.54) is 25.3 Å². The predicted octanol–water partition coefficient (Wildman–Crippen LogP) is -0.133. The van der Waals surface area contributed by atoms with Gasteiger partial charge < -0.3 is 24.7 Å². The number of aliphatic hydroxyl groups is 2. The maximum absolute atomic E-state index is 14.1. The Hall–Kier alpha value is -2.56. The molecule has 1 fully saturated rings. The van der Waals surface area contributed by atoms with Gasteiger partial charge in [0.25, 0.3) is 5.91 Å². The molecule has 3 N–H and O–H groups in total. The third-order valence-electron chi connectivity index (χ3n) is 3.64. The number of nitrogens with one attached hydrogen (secondary N) is 1. The van der Waals surface area contributed by atoms with Gasteiger partial charge in [-0.05, 0) is 19.1 Å². The number of halogens is 1. The third kappa shape index (κ3) is 2.82. The summed E-state index contributed by atoms with van der Waals surface area (Å²) in [5, 5.41) is 21.6. The summed E-state index contributed by atoms with van der Waals surface area (Å²) in [5.74, 6) is -2.45. The quantitative estimate of drug-likeness (QED) is 0.711. The van der Waals surface area contributed by atoms with Gasteiger partial charge in [-0.25, -0.2) is 9.18 Å². The minimum absolute atomic E-state index is 0.0770. The van der Waals surface area contributed by atoms with Crippen LogP contribution in [0.1, 0.15) is 23.7 Å². The van der Waals surface area contributed by atoms with Crippen LogP contribution in [0.5, 0.6) is 0 Å². The van der Waals surface area contributed by atoms with Gasteiger partial charge in [0, 0.05) is 0 Å². The Labute approximate surface area is 134 Å². The lowest BCUT2D eigenvalue weighted by Crippen LogP contribution is -2.36. The van der Waals surface area contributed by atoms with Gasteiger partial charge in [0.1, 0.15) is 12.2 Å². The second-order valence-corrected chi connectivity index (χ2v) is 5.27. The van der Waals surface area contributed by atoms with Crippen molar-refractivity contribution in [1.29, 1.82) is 0 Å². The molecule has 0 aromatic carbocycles. The van der Waals surface area contributed by atoms with Crippen LogP contribution >= 0.6 is 0 Å². The van der Waals surface area contributed by atoms with Crippen LogP contribution in [-0.2, 0) is 4.74 Å². The highest BCUT2D eigenvalue weighted by Crippen LogP contribution is 2.28. The molecule has 0 aliphatic carbocycles. The van der Waals surface area contributed by atoms with E-state index in [2.05, 4.69) is 10.3 Å². The zero-order valence-corrected chi connectivity index (χ0v) is 12.4. The van der Waals surface area contributed by atoms with E-state index in [4.69, 9.17) is 9.15 Å². The van der Waals surface area contributed by atoms with Gasteiger partial charge in [-0.2, -0.15) is 4.98 Å². The van der Waals surface area contributed by atoms with Crippen molar-refractivity contribution >= 4 is 11.7 Å². The lowest BCUT2D eigenvalue weighted by molar-refractivity contribution is -0.0355. The number of rotatable bonds is 3. The van der Waals surface area contributed by atoms with Gasteiger partial charge in [-0.1, -0.05) is 0 Å². The lowest BCUT2D eigenvalue weighted by atomic mass is 10.1. The molecule has 1 aliphatic heterocycles. The Balaban J connectivity index is 1.87. The molecular formula is C14H14FN3O6. The Kier molecular flexibility index (Phi) is 4.18. The highest BCUT2D eigenvalue weighted by molar-refractivity contribution is 6.01. The van der Waals surface area contributed by atoms with E-state index in [0.717, 1.165) is 10.8 Å². The number of hydrogen-bond acceptors (Lipinski definition) is 7. The van der Waals surface area contributed by atoms with E-state index >= 15 is 0 Å². The molecule has 0 spiro atoms. The molecule has 24 heavy (non-hydrogen) atoms. The van der Waals surface area contributed by atoms with E-state index in [-0.39, 0.29) is 5.76 Å². The standard InChI is InChI=1S/C14H14FN3O6/c1-6-9(19)10(20)13(24-6)18-5-7(15)11(17-14(18)22)16-12(21)8-3-2-4-23-8/h2-6,9-10,13,19-20H,1H3,(H,16,17,21,22)/t6-,9-,10-,13-/m1/s1. The second-order valence-electron chi connectivity index (χ2n) is 5.27. The maximum atomic E-state index is 14.1. The van der Waals surface area contributed by atoms with Crippen LogP contribution in [0.25, 0.3) is 0 Å². The first-order valence-electron chi connectivity index (χ1n) is 7.03. The van der Waals surface area contributed by atoms with Crippen LogP contribution in [0, 0.1) is 5.82 Å². The van der Waals surface area contributed by atoms with Crippen LogP contribution in [0.4, 0.5) is 10.2 Å². The Morgan fingerprint density at radius 1 is 1.42 bits per heavy atom. The van der Waals surface area contributed by atoms with Crippen molar-refractivity contribution in [2.24, 2.45) is 0 Å². The molecule has 0 unspecified atom stereocenters. The van der Waals surface area contributed by atoms with Crippen LogP contribution in [-0.4, -0.2) is 44.0 Å². The third-order valence-corrected chi connectivity index (χ3v) is 3.64. The SMILES string of the molecule is C[C@H]1O[C@@H](n2cc(F)c(NC(=O)c3ccco3)nc2=O)[C@H](O)[C@@H]1O. The zero-order chi connectivity index (χ0) is 17.4. The molecule has 0 bridgehead atoms. The van der Waals surface area contributed by atoms with Crippen LogP contribution in [0.15, 0.2) is 33.8 Å². The monoisotopic (exact) mass is 339 g/mol. The van der Waals surface area contributed by atoms with E-state index in [0.29, 0.717) is 0 Å². The highest BCUT2D eigenvalue weighted by atomic mass is 19.1. The summed E-state index contributed by atoms with van der Waals surface area (Å²) in [4.78, 5) is 27.3. The van der Waals surface area contributed by atoms with Crippen LogP contribution < -0.4 is 11.0 Å². The van der Waals surface area contributed by atoms with Crippen molar-refractivity contribution in [3.05, 3.63) is 46.7 Å². The first-order chi connectivity index (χ1) is 11.4. The number of nitrogens with zero attached hydrogens (tertiary/aromatic N) is 2. The minimum atomic E-state index is -1.41. The van der Waals surface area contributed by atoms with E-state index in [1.54, 1.807) is 0 Å². The van der Waals surface area contributed by atoms with Gasteiger partial charge >= 0.3 is 5.69 Å². The topological polar surface area (TPSA) is 127 Å². The molecule has 9 nitrogen and oxygen atoms in total. The molecular weight excluding hydrogens is 325 g/mol. The Bertz CT molecular complexity index is 805. The molecule has 1 saturated heterocycles. The van der Waals surface area contributed by atoms with Gasteiger partial charge in [0.2, 0.25) is 0 Å². The molecule has 3 rings (SSSR count). The summed E-state index contributed by atoms with van der Waals surface area (Å²) >= 11 is 0. The normalized spacial score (nSPS) is 26.5. The molecule has 0 saturated carbocycles. The number of carbonyl (C=O) groups excluding carboxylic acids is 1. The second kappa shape index (κ2) is 6.15. The maximum Gasteiger partial charge on any atom is 0.351 e. The molecule has 2 aromatic heterocycles. The first-order valence-corrected chi connectivity index (χ1v) is 7.03. The average Bonchev–Trinajstić information content (AvgIpc) is 3.16. The van der Waals surface area contributed by atoms with Gasteiger partial charge in [-0.3, -0.25) is 9.36 Å². The number of anilines is 1. The number of carbonyl (C=O) groups is 1. The van der Waals surface area contributed by atoms with Crippen molar-refractivity contribution in [1.82, 2.24) is 9.55 Å². The smallest absolute Gasteiger partial charge is 0.351 e. The first kappa shape index (κ1) is 16.3. The van der Waals surface area contributed by atoms with E-state index < -0.39 is 47.8 Å². The highest BCUT2D eigenvalue weighted by Gasteiger charge is 2.42. The summed E-state index contributed by atoms with van der Waals surface area (Å²) in [7, 11) is 0. The molecule has 0 radical (unpaired) electrons. The average molecular weight is 339 g/mol. The zero-order valence-electron chi connectivity index (χ0n) is 12.4. The van der Waals surface area contributed by atoms with E-state index in [1.807, 2.05) is 0 Å². The molecule has 1 aliphatic rings. The number of amides is 1. The van der Waals surface area contributed by atoms with Crippen molar-refractivity contribution in [2.75, 3.05) is 5.32 Å². The van der Waals surface area contributed by atoms with E-state index in [9.17, 15) is 24.2 Å². The Morgan fingerprint density at radius 3 is 2.75 bits per heavy atom. The summed E-state index contributed by atoms with van der Waals surface area (Å²) < 4.78 is 25.0. The van der Waals surface area contributed by atoms with Crippen molar-refractivity contribution < 1.29 is 28.6 Å². The number of ether oxygens (including phenoxy) is 1. The largest absolute Gasteiger partial charge is 0.459 e. The van der Waals surface area contributed by atoms with Crippen molar-refractivity contribution in [2.45, 2.75) is 31.5 Å². The molecule has 10 heteroatoms. The molecule has 128 valence electrons. The number of aliphatic hydroxyl groups excluding tert-OH is 2. The summed E-state index contributed by atoms with van der Waals surface area (Å²) in [6, 6.07) is 2.84. The van der Waals surface area contributed by atoms with Crippen molar-refractivity contribution in [3.8, 4) is 0 Å². The molecule has 4 atom stereocenters. The molecule has 1 amide bonds. The van der Waals surface area contributed by atoms with Gasteiger partial charge in [-0.15, -0.1) is 0 Å². The van der Waals surface area contributed by atoms with Gasteiger partial charge in [0.15, 0.2) is 23.6 Å².